The maximum atomic E-state index is 12.9. The van der Waals surface area contributed by atoms with Gasteiger partial charge in [0.05, 0.1) is 13.7 Å². The van der Waals surface area contributed by atoms with Crippen molar-refractivity contribution in [3.05, 3.63) is 60.2 Å². The lowest BCUT2D eigenvalue weighted by Crippen LogP contribution is -2.05. The zero-order valence-electron chi connectivity index (χ0n) is 12.1. The molecule has 0 spiro atoms. The Morgan fingerprint density at radius 1 is 1.05 bits per heavy atom. The van der Waals surface area contributed by atoms with Crippen molar-refractivity contribution < 1.29 is 13.8 Å². The van der Waals surface area contributed by atoms with Gasteiger partial charge in [-0.15, -0.1) is 0 Å². The number of methoxy groups -OCH3 is 1. The second-order valence-electron chi connectivity index (χ2n) is 4.27. The van der Waals surface area contributed by atoms with Gasteiger partial charge in [-0.2, -0.15) is 0 Å². The maximum absolute atomic E-state index is 12.9. The average Bonchev–Trinajstić information content (AvgIpc) is 2.54. The highest BCUT2D eigenvalue weighted by atomic mass is 31.2. The van der Waals surface area contributed by atoms with Crippen LogP contribution < -0.4 is 10.0 Å². The molecule has 0 amide bonds. The van der Waals surface area contributed by atoms with Crippen LogP contribution in [0.15, 0.2) is 54.6 Å². The van der Waals surface area contributed by atoms with Crippen LogP contribution in [0.2, 0.25) is 0 Å². The van der Waals surface area contributed by atoms with E-state index in [-0.39, 0.29) is 0 Å². The minimum Gasteiger partial charge on any atom is -0.497 e. The van der Waals surface area contributed by atoms with Gasteiger partial charge in [-0.05, 0) is 49.0 Å². The highest BCUT2D eigenvalue weighted by Gasteiger charge is 2.22. The minimum atomic E-state index is -3.15. The van der Waals surface area contributed by atoms with Crippen molar-refractivity contribution in [2.24, 2.45) is 0 Å². The second-order valence-corrected chi connectivity index (χ2v) is 6.37. The van der Waals surface area contributed by atoms with E-state index in [1.165, 1.54) is 0 Å². The van der Waals surface area contributed by atoms with E-state index in [0.717, 1.165) is 11.3 Å². The first-order valence-electron chi connectivity index (χ1n) is 6.65. The van der Waals surface area contributed by atoms with Gasteiger partial charge in [-0.3, -0.25) is 4.57 Å². The molecule has 21 heavy (non-hydrogen) atoms. The number of hydrogen-bond acceptors (Lipinski definition) is 3. The van der Waals surface area contributed by atoms with E-state index in [2.05, 4.69) is 11.6 Å². The minimum absolute atomic E-state index is 0.351. The van der Waals surface area contributed by atoms with E-state index in [1.807, 2.05) is 49.4 Å². The van der Waals surface area contributed by atoms with Gasteiger partial charge >= 0.3 is 7.37 Å². The van der Waals surface area contributed by atoms with Crippen LogP contribution in [0.1, 0.15) is 12.5 Å². The van der Waals surface area contributed by atoms with Crippen molar-refractivity contribution in [3.8, 4) is 17.3 Å². The molecule has 0 aliphatic heterocycles. The first-order valence-corrected chi connectivity index (χ1v) is 8.28. The van der Waals surface area contributed by atoms with Gasteiger partial charge in [-0.1, -0.05) is 24.1 Å². The number of ether oxygens (including phenoxy) is 1. The van der Waals surface area contributed by atoms with Crippen molar-refractivity contribution in [1.82, 2.24) is 0 Å². The van der Waals surface area contributed by atoms with Crippen molar-refractivity contribution in [3.63, 3.8) is 0 Å². The van der Waals surface area contributed by atoms with Crippen LogP contribution in [-0.4, -0.2) is 13.7 Å². The molecule has 4 heteroatoms. The third kappa shape index (κ3) is 3.98. The Labute approximate surface area is 125 Å². The molecule has 2 aromatic rings. The van der Waals surface area contributed by atoms with Crippen LogP contribution in [-0.2, 0) is 9.09 Å². The van der Waals surface area contributed by atoms with Gasteiger partial charge in [0.2, 0.25) is 0 Å². The summed E-state index contributed by atoms with van der Waals surface area (Å²) < 4.78 is 23.4. The molecular weight excluding hydrogens is 283 g/mol. The standard InChI is InChI=1S/C17H17O3P/c1-3-20-21(18,17-7-5-4-6-8-17)14-13-15-9-11-16(19-2)12-10-15/h4-12H,3H2,1-2H3. The van der Waals surface area contributed by atoms with E-state index in [9.17, 15) is 4.57 Å². The summed E-state index contributed by atoms with van der Waals surface area (Å²) in [5.41, 5.74) is 3.58. The third-order valence-electron chi connectivity index (χ3n) is 2.84. The fraction of sp³-hybridized carbons (Fsp3) is 0.176. The Morgan fingerprint density at radius 3 is 2.29 bits per heavy atom. The summed E-state index contributed by atoms with van der Waals surface area (Å²) in [6.07, 6.45) is 0. The molecule has 2 aromatic carbocycles. The molecule has 3 nitrogen and oxygen atoms in total. The predicted molar refractivity (Wildman–Crippen MR) is 85.2 cm³/mol. The molecular formula is C17H17O3P. The summed E-state index contributed by atoms with van der Waals surface area (Å²) >= 11 is 0. The van der Waals surface area contributed by atoms with E-state index in [1.54, 1.807) is 19.2 Å². The molecule has 0 radical (unpaired) electrons. The molecule has 0 bridgehead atoms. The summed E-state index contributed by atoms with van der Waals surface area (Å²) in [5.74, 6) is 3.69. The highest BCUT2D eigenvalue weighted by Crippen LogP contribution is 2.44. The SMILES string of the molecule is CCOP(=O)(C#Cc1ccc(OC)cc1)c1ccccc1. The Kier molecular flexibility index (Phi) is 5.22. The van der Waals surface area contributed by atoms with E-state index >= 15 is 0 Å². The number of rotatable bonds is 4. The monoisotopic (exact) mass is 300 g/mol. The van der Waals surface area contributed by atoms with Gasteiger partial charge in [0.1, 0.15) is 5.75 Å². The largest absolute Gasteiger partial charge is 0.497 e. The second kappa shape index (κ2) is 7.13. The van der Waals surface area contributed by atoms with Gasteiger partial charge < -0.3 is 9.26 Å². The molecule has 0 heterocycles. The Morgan fingerprint density at radius 2 is 1.71 bits per heavy atom. The highest BCUT2D eigenvalue weighted by molar-refractivity contribution is 7.71. The topological polar surface area (TPSA) is 35.5 Å². The van der Waals surface area contributed by atoms with Crippen LogP contribution in [0, 0.1) is 11.6 Å². The third-order valence-corrected chi connectivity index (χ3v) is 4.85. The lowest BCUT2D eigenvalue weighted by Gasteiger charge is -2.11. The average molecular weight is 300 g/mol. The number of benzene rings is 2. The maximum Gasteiger partial charge on any atom is 0.303 e. The molecule has 1 unspecified atom stereocenters. The summed E-state index contributed by atoms with van der Waals surface area (Å²) in [4.78, 5) is 0. The van der Waals surface area contributed by atoms with E-state index in [0.29, 0.717) is 11.9 Å². The Balaban J connectivity index is 2.32. The lowest BCUT2D eigenvalue weighted by molar-refractivity contribution is 0.348. The Bertz CT molecular complexity index is 681. The quantitative estimate of drug-likeness (QED) is 0.639. The predicted octanol–water partition coefficient (Wildman–Crippen LogP) is 3.64. The Hall–Kier alpha value is -2.01. The smallest absolute Gasteiger partial charge is 0.303 e. The molecule has 0 aliphatic rings. The first kappa shape index (κ1) is 15.4. The fourth-order valence-corrected chi connectivity index (χ4v) is 3.34. The zero-order valence-corrected chi connectivity index (χ0v) is 13.0. The van der Waals surface area contributed by atoms with Gasteiger partial charge in [0, 0.05) is 10.9 Å². The molecule has 2 rings (SSSR count). The van der Waals surface area contributed by atoms with Crippen LogP contribution in [0.3, 0.4) is 0 Å². The van der Waals surface area contributed by atoms with Crippen molar-refractivity contribution >= 4 is 12.7 Å². The molecule has 1 atom stereocenters. The number of hydrogen-bond donors (Lipinski definition) is 0. The fourth-order valence-electron chi connectivity index (χ4n) is 1.79. The van der Waals surface area contributed by atoms with Crippen LogP contribution in [0.5, 0.6) is 5.75 Å². The van der Waals surface area contributed by atoms with E-state index in [4.69, 9.17) is 9.26 Å². The lowest BCUT2D eigenvalue weighted by atomic mass is 10.2. The molecule has 0 saturated heterocycles. The summed E-state index contributed by atoms with van der Waals surface area (Å²) in [6, 6.07) is 16.4. The molecule has 0 saturated carbocycles. The molecule has 0 N–H and O–H groups in total. The van der Waals surface area contributed by atoms with Crippen molar-refractivity contribution in [1.29, 1.82) is 0 Å². The van der Waals surface area contributed by atoms with Gasteiger partial charge in [0.25, 0.3) is 0 Å². The van der Waals surface area contributed by atoms with Crippen molar-refractivity contribution in [2.45, 2.75) is 6.92 Å². The normalized spacial score (nSPS) is 12.9. The summed E-state index contributed by atoms with van der Waals surface area (Å²) in [5, 5.41) is 0.618. The summed E-state index contributed by atoms with van der Waals surface area (Å²) in [7, 11) is -1.54. The van der Waals surface area contributed by atoms with Gasteiger partial charge in [0.15, 0.2) is 0 Å². The molecule has 0 aliphatic carbocycles. The van der Waals surface area contributed by atoms with Gasteiger partial charge in [-0.25, -0.2) is 0 Å². The van der Waals surface area contributed by atoms with E-state index < -0.39 is 7.37 Å². The van der Waals surface area contributed by atoms with Crippen LogP contribution in [0.4, 0.5) is 0 Å². The first-order chi connectivity index (χ1) is 10.2. The molecule has 0 aromatic heterocycles. The van der Waals surface area contributed by atoms with Crippen LogP contribution >= 0.6 is 7.37 Å². The van der Waals surface area contributed by atoms with Crippen molar-refractivity contribution in [2.75, 3.05) is 13.7 Å². The zero-order chi connectivity index (χ0) is 15.1. The molecule has 108 valence electrons. The summed E-state index contributed by atoms with van der Waals surface area (Å²) in [6.45, 7) is 2.16. The van der Waals surface area contributed by atoms with Crippen LogP contribution in [0.25, 0.3) is 0 Å². The molecule has 0 fully saturated rings.